The predicted molar refractivity (Wildman–Crippen MR) is 79.3 cm³/mol. The van der Waals surface area contributed by atoms with Crippen molar-refractivity contribution in [1.29, 1.82) is 15.8 Å². The molecule has 0 fully saturated rings. The van der Waals surface area contributed by atoms with Gasteiger partial charge in [-0.25, -0.2) is 4.39 Å². The SMILES string of the molecule is N#CC(C#N)=C(C#N)Nc1c(Br)c(Cl)c(F)c(Cl)c1Br. The maximum absolute atomic E-state index is 13.6. The van der Waals surface area contributed by atoms with E-state index in [1.807, 2.05) is 0 Å². The lowest BCUT2D eigenvalue weighted by molar-refractivity contribution is 0.627. The lowest BCUT2D eigenvalue weighted by Crippen LogP contribution is -2.03. The van der Waals surface area contributed by atoms with Crippen LogP contribution in [0.25, 0.3) is 0 Å². The molecule has 0 saturated carbocycles. The van der Waals surface area contributed by atoms with Crippen molar-refractivity contribution in [3.05, 3.63) is 36.1 Å². The number of halogens is 5. The summed E-state index contributed by atoms with van der Waals surface area (Å²) >= 11 is 17.6. The van der Waals surface area contributed by atoms with Crippen molar-refractivity contribution in [1.82, 2.24) is 0 Å². The summed E-state index contributed by atoms with van der Waals surface area (Å²) in [5, 5.41) is 28.4. The first-order chi connectivity index (χ1) is 9.38. The molecule has 1 aromatic carbocycles. The minimum atomic E-state index is -0.846. The predicted octanol–water partition coefficient (Wildman–Crippen LogP) is 4.89. The summed E-state index contributed by atoms with van der Waals surface area (Å²) in [6, 6.07) is 4.79. The molecule has 0 unspecified atom stereocenters. The average molecular weight is 439 g/mol. The van der Waals surface area contributed by atoms with Gasteiger partial charge in [-0.3, -0.25) is 0 Å². The average Bonchev–Trinajstić information content (AvgIpc) is 2.46. The fraction of sp³-hybridized carbons (Fsp3) is 0. The van der Waals surface area contributed by atoms with Crippen molar-refractivity contribution in [3.63, 3.8) is 0 Å². The summed E-state index contributed by atoms with van der Waals surface area (Å²) in [5.74, 6) is -0.846. The van der Waals surface area contributed by atoms with E-state index in [1.165, 1.54) is 0 Å². The first-order valence-electron chi connectivity index (χ1n) is 4.62. The van der Waals surface area contributed by atoms with Gasteiger partial charge in [-0.2, -0.15) is 15.8 Å². The minimum absolute atomic E-state index is 0.0934. The number of anilines is 1. The van der Waals surface area contributed by atoms with E-state index in [0.29, 0.717) is 0 Å². The summed E-state index contributed by atoms with van der Waals surface area (Å²) in [7, 11) is 0. The van der Waals surface area contributed by atoms with E-state index in [-0.39, 0.29) is 30.4 Å². The van der Waals surface area contributed by atoms with Crippen molar-refractivity contribution in [2.45, 2.75) is 0 Å². The van der Waals surface area contributed by atoms with Crippen LogP contribution in [0.3, 0.4) is 0 Å². The normalized spacial score (nSPS) is 9.10. The summed E-state index contributed by atoms with van der Waals surface area (Å²) in [5.41, 5.74) is -0.612. The Bertz CT molecular complexity index is 696. The molecule has 1 rings (SSSR count). The molecular formula is C11HBr2Cl2FN4. The second kappa shape index (κ2) is 6.92. The Morgan fingerprint density at radius 3 is 1.80 bits per heavy atom. The molecule has 1 aromatic rings. The molecule has 0 saturated heterocycles. The van der Waals surface area contributed by atoms with E-state index in [2.05, 4.69) is 37.2 Å². The Kier molecular flexibility index (Phi) is 5.80. The lowest BCUT2D eigenvalue weighted by Gasteiger charge is -2.13. The summed E-state index contributed by atoms with van der Waals surface area (Å²) < 4.78 is 13.8. The maximum atomic E-state index is 13.6. The van der Waals surface area contributed by atoms with Crippen LogP contribution in [0.4, 0.5) is 10.1 Å². The Labute approximate surface area is 140 Å². The molecule has 0 heterocycles. The summed E-state index contributed by atoms with van der Waals surface area (Å²) in [6.45, 7) is 0. The molecule has 100 valence electrons. The number of hydrogen-bond donors (Lipinski definition) is 1. The molecule has 1 N–H and O–H groups in total. The van der Waals surface area contributed by atoms with E-state index in [0.717, 1.165) is 0 Å². The van der Waals surface area contributed by atoms with Crippen molar-refractivity contribution in [3.8, 4) is 18.2 Å². The largest absolute Gasteiger partial charge is 0.343 e. The van der Waals surface area contributed by atoms with Crippen LogP contribution >= 0.6 is 55.1 Å². The van der Waals surface area contributed by atoms with Gasteiger partial charge < -0.3 is 5.32 Å². The smallest absolute Gasteiger partial charge is 0.163 e. The third kappa shape index (κ3) is 3.06. The Hall–Kier alpha value is -1.30. The van der Waals surface area contributed by atoms with Crippen molar-refractivity contribution in [2.75, 3.05) is 5.32 Å². The third-order valence-corrected chi connectivity index (χ3v) is 4.80. The van der Waals surface area contributed by atoms with Gasteiger partial charge in [-0.15, -0.1) is 0 Å². The van der Waals surface area contributed by atoms with E-state index < -0.39 is 11.4 Å². The maximum Gasteiger partial charge on any atom is 0.163 e. The van der Waals surface area contributed by atoms with Gasteiger partial charge in [0.1, 0.15) is 23.9 Å². The highest BCUT2D eigenvalue weighted by Gasteiger charge is 2.21. The zero-order valence-corrected chi connectivity index (χ0v) is 13.9. The molecule has 0 bridgehead atoms. The van der Waals surface area contributed by atoms with Crippen molar-refractivity contribution >= 4 is 60.7 Å². The Morgan fingerprint density at radius 1 is 1.00 bits per heavy atom. The van der Waals surface area contributed by atoms with Gasteiger partial charge in [-0.05, 0) is 31.9 Å². The van der Waals surface area contributed by atoms with Gasteiger partial charge in [0.05, 0.1) is 24.7 Å². The molecule has 4 nitrogen and oxygen atoms in total. The van der Waals surface area contributed by atoms with Crippen LogP contribution in [0.15, 0.2) is 20.2 Å². The van der Waals surface area contributed by atoms with E-state index in [4.69, 9.17) is 39.0 Å². The number of allylic oxidation sites excluding steroid dienone is 2. The van der Waals surface area contributed by atoms with Crippen LogP contribution in [-0.2, 0) is 0 Å². The molecule has 20 heavy (non-hydrogen) atoms. The fourth-order valence-electron chi connectivity index (χ4n) is 1.12. The van der Waals surface area contributed by atoms with E-state index in [9.17, 15) is 4.39 Å². The van der Waals surface area contributed by atoms with Crippen LogP contribution in [0, 0.1) is 39.8 Å². The Morgan fingerprint density at radius 2 is 1.45 bits per heavy atom. The number of benzene rings is 1. The standard InChI is InChI=1S/C11HBr2Cl2FN4/c12-6-8(14)10(16)9(15)7(13)11(6)20-5(3-19)4(1-17)2-18/h20H. The van der Waals surface area contributed by atoms with Gasteiger partial charge in [-0.1, -0.05) is 23.2 Å². The second-order valence-electron chi connectivity index (χ2n) is 3.16. The second-order valence-corrected chi connectivity index (χ2v) is 5.50. The molecule has 0 radical (unpaired) electrons. The number of nitriles is 3. The van der Waals surface area contributed by atoms with Gasteiger partial charge in [0.2, 0.25) is 0 Å². The summed E-state index contributed by atoms with van der Waals surface area (Å²) in [6.07, 6.45) is 0. The fourth-order valence-corrected chi connectivity index (χ4v) is 2.76. The third-order valence-electron chi connectivity index (χ3n) is 2.05. The first-order valence-corrected chi connectivity index (χ1v) is 6.96. The number of nitrogens with zero attached hydrogens (tertiary/aromatic N) is 3. The lowest BCUT2D eigenvalue weighted by atomic mass is 10.2. The van der Waals surface area contributed by atoms with Crippen LogP contribution in [0.1, 0.15) is 0 Å². The molecular weight excluding hydrogens is 438 g/mol. The van der Waals surface area contributed by atoms with Crippen LogP contribution in [0.5, 0.6) is 0 Å². The topological polar surface area (TPSA) is 83.4 Å². The van der Waals surface area contributed by atoms with Gasteiger partial charge in [0.25, 0.3) is 0 Å². The highest BCUT2D eigenvalue weighted by molar-refractivity contribution is 9.11. The number of hydrogen-bond acceptors (Lipinski definition) is 4. The highest BCUT2D eigenvalue weighted by atomic mass is 79.9. The molecule has 9 heteroatoms. The van der Waals surface area contributed by atoms with Crippen LogP contribution in [-0.4, -0.2) is 0 Å². The van der Waals surface area contributed by atoms with E-state index >= 15 is 0 Å². The quantitative estimate of drug-likeness (QED) is 0.404. The zero-order chi connectivity index (χ0) is 15.4. The molecule has 0 aromatic heterocycles. The van der Waals surface area contributed by atoms with Crippen LogP contribution < -0.4 is 5.32 Å². The monoisotopic (exact) mass is 436 g/mol. The van der Waals surface area contributed by atoms with Gasteiger partial charge in [0.15, 0.2) is 11.4 Å². The summed E-state index contributed by atoms with van der Waals surface area (Å²) in [4.78, 5) is 0. The molecule has 0 aliphatic heterocycles. The minimum Gasteiger partial charge on any atom is -0.343 e. The highest BCUT2D eigenvalue weighted by Crippen LogP contribution is 2.44. The van der Waals surface area contributed by atoms with E-state index in [1.54, 1.807) is 18.2 Å². The zero-order valence-electron chi connectivity index (χ0n) is 9.23. The van der Waals surface area contributed by atoms with Gasteiger partial charge in [0, 0.05) is 0 Å². The molecule has 0 amide bonds. The first kappa shape index (κ1) is 16.8. The van der Waals surface area contributed by atoms with Crippen molar-refractivity contribution in [2.24, 2.45) is 0 Å². The Balaban J connectivity index is 3.54. The molecule has 0 spiro atoms. The van der Waals surface area contributed by atoms with Crippen LogP contribution in [0.2, 0.25) is 10.0 Å². The molecule has 0 aliphatic rings. The molecule has 0 aliphatic carbocycles. The number of rotatable bonds is 2. The van der Waals surface area contributed by atoms with Gasteiger partial charge >= 0.3 is 0 Å². The number of nitrogens with one attached hydrogen (secondary N) is 1. The molecule has 0 atom stereocenters. The van der Waals surface area contributed by atoms with Crippen molar-refractivity contribution < 1.29 is 4.39 Å².